The van der Waals surface area contributed by atoms with Gasteiger partial charge in [-0.1, -0.05) is 29.3 Å². The molecule has 0 saturated heterocycles. The quantitative estimate of drug-likeness (QED) is 0.472. The summed E-state index contributed by atoms with van der Waals surface area (Å²) < 4.78 is 38.8. The van der Waals surface area contributed by atoms with Gasteiger partial charge in [0.05, 0.1) is 51.6 Å². The van der Waals surface area contributed by atoms with E-state index < -0.39 is 17.6 Å². The molecule has 13 heteroatoms. The van der Waals surface area contributed by atoms with E-state index in [1.54, 1.807) is 27.8 Å². The number of primary amides is 1. The third-order valence-electron chi connectivity index (χ3n) is 5.33. The van der Waals surface area contributed by atoms with Crippen LogP contribution in [-0.2, 0) is 24.1 Å². The van der Waals surface area contributed by atoms with E-state index >= 15 is 0 Å². The van der Waals surface area contributed by atoms with Crippen LogP contribution in [0.25, 0.3) is 11.3 Å². The zero-order valence-corrected chi connectivity index (χ0v) is 20.2. The number of nitrogens with one attached hydrogen (secondary N) is 1. The molecule has 0 aliphatic carbocycles. The molecule has 1 aliphatic heterocycles. The van der Waals surface area contributed by atoms with Crippen molar-refractivity contribution in [1.29, 1.82) is 5.26 Å². The Kier molecular flexibility index (Phi) is 8.12. The van der Waals surface area contributed by atoms with Gasteiger partial charge in [0, 0.05) is 24.8 Å². The van der Waals surface area contributed by atoms with Crippen molar-refractivity contribution in [3.63, 3.8) is 0 Å². The molecule has 0 saturated carbocycles. The number of nitriles is 1. The van der Waals surface area contributed by atoms with Gasteiger partial charge in [0.15, 0.2) is 0 Å². The van der Waals surface area contributed by atoms with Gasteiger partial charge in [0.25, 0.3) is 5.91 Å². The maximum absolute atomic E-state index is 12.4. The maximum Gasteiger partial charge on any atom is 0.417 e. The maximum atomic E-state index is 12.4. The van der Waals surface area contributed by atoms with Crippen molar-refractivity contribution in [2.45, 2.75) is 19.3 Å². The Hall–Kier alpha value is -3.75. The molecule has 2 aromatic carbocycles. The van der Waals surface area contributed by atoms with Crippen LogP contribution in [0.3, 0.4) is 0 Å². The first kappa shape index (κ1) is 26.8. The highest BCUT2D eigenvalue weighted by atomic mass is 35.5. The molecule has 36 heavy (non-hydrogen) atoms. The summed E-state index contributed by atoms with van der Waals surface area (Å²) in [5.41, 5.74) is 6.62. The number of fused-ring (bicyclic) bond motifs is 1. The van der Waals surface area contributed by atoms with Gasteiger partial charge in [-0.15, -0.1) is 0 Å². The van der Waals surface area contributed by atoms with Gasteiger partial charge in [-0.3, -0.25) is 14.3 Å². The Labute approximate surface area is 214 Å². The third kappa shape index (κ3) is 5.72. The molecule has 0 atom stereocenters. The van der Waals surface area contributed by atoms with Gasteiger partial charge in [-0.25, -0.2) is 0 Å². The molecule has 0 bridgehead atoms. The lowest BCUT2D eigenvalue weighted by Crippen LogP contribution is -2.34. The lowest BCUT2D eigenvalue weighted by molar-refractivity contribution is -0.137. The number of benzene rings is 2. The van der Waals surface area contributed by atoms with Crippen LogP contribution >= 0.6 is 23.2 Å². The van der Waals surface area contributed by atoms with Crippen molar-refractivity contribution in [1.82, 2.24) is 14.7 Å². The van der Waals surface area contributed by atoms with Gasteiger partial charge in [0.1, 0.15) is 5.69 Å². The van der Waals surface area contributed by atoms with E-state index in [1.807, 2.05) is 0 Å². The summed E-state index contributed by atoms with van der Waals surface area (Å²) in [4.78, 5) is 24.4. The van der Waals surface area contributed by atoms with Crippen LogP contribution in [0, 0.1) is 11.3 Å². The lowest BCUT2D eigenvalue weighted by Gasteiger charge is -2.24. The largest absolute Gasteiger partial charge is 0.417 e. The molecule has 8 nitrogen and oxygen atoms in total. The van der Waals surface area contributed by atoms with E-state index in [1.165, 1.54) is 19.2 Å². The van der Waals surface area contributed by atoms with Gasteiger partial charge in [-0.05, 0) is 30.3 Å². The zero-order valence-electron chi connectivity index (χ0n) is 18.7. The molecule has 2 heterocycles. The van der Waals surface area contributed by atoms with Crippen LogP contribution < -0.4 is 11.1 Å². The summed E-state index contributed by atoms with van der Waals surface area (Å²) in [6.45, 7) is 1.35. The zero-order chi connectivity index (χ0) is 26.6. The summed E-state index contributed by atoms with van der Waals surface area (Å²) in [7, 11) is 1.52. The second-order valence-electron chi connectivity index (χ2n) is 7.58. The topological polar surface area (TPSA) is 117 Å². The highest BCUT2D eigenvalue weighted by Crippen LogP contribution is 2.34. The minimum atomic E-state index is -4.49. The standard InChI is InChI=1S/C14H12Cl2N4O2.C9H7F3N2/c15-9-2-1-8(5-10(9)16)13-12(14(17)22)11-6-19(7-21)3-4-20(11)18-13;1-14-7-3-2-6(5-13)8(4-7)9(10,11)12/h1-2,5,7H,3-4,6H2,(H2,17,22);2-4,14H,1H3. The van der Waals surface area contributed by atoms with Crippen molar-refractivity contribution < 1.29 is 22.8 Å². The smallest absolute Gasteiger partial charge is 0.388 e. The van der Waals surface area contributed by atoms with Crippen LogP contribution in [-0.4, -0.2) is 40.6 Å². The summed E-state index contributed by atoms with van der Waals surface area (Å²) in [5, 5.41) is 16.3. The molecule has 2 amide bonds. The van der Waals surface area contributed by atoms with Crippen molar-refractivity contribution in [2.75, 3.05) is 18.9 Å². The Balaban J connectivity index is 0.000000223. The van der Waals surface area contributed by atoms with Crippen LogP contribution in [0.5, 0.6) is 0 Å². The molecule has 0 spiro atoms. The molecule has 0 radical (unpaired) electrons. The molecule has 3 N–H and O–H groups in total. The summed E-state index contributed by atoms with van der Waals surface area (Å²) in [6, 6.07) is 10.0. The summed E-state index contributed by atoms with van der Waals surface area (Å²) >= 11 is 11.9. The minimum Gasteiger partial charge on any atom is -0.388 e. The summed E-state index contributed by atoms with van der Waals surface area (Å²) in [5.74, 6) is -0.588. The fourth-order valence-electron chi connectivity index (χ4n) is 3.56. The fraction of sp³-hybridized carbons (Fsp3) is 0.217. The highest BCUT2D eigenvalue weighted by Gasteiger charge is 2.33. The fourth-order valence-corrected chi connectivity index (χ4v) is 3.86. The number of aromatic nitrogens is 2. The predicted octanol–water partition coefficient (Wildman–Crippen LogP) is 4.55. The van der Waals surface area contributed by atoms with Gasteiger partial charge < -0.3 is 16.0 Å². The van der Waals surface area contributed by atoms with Gasteiger partial charge >= 0.3 is 6.18 Å². The first-order valence-electron chi connectivity index (χ1n) is 10.3. The number of rotatable bonds is 4. The number of nitrogens with zero attached hydrogens (tertiary/aromatic N) is 4. The normalized spacial score (nSPS) is 12.6. The molecule has 1 aliphatic rings. The Morgan fingerprint density at radius 2 is 1.92 bits per heavy atom. The van der Waals surface area contributed by atoms with Gasteiger partial charge in [-0.2, -0.15) is 23.5 Å². The van der Waals surface area contributed by atoms with Crippen molar-refractivity contribution in [3.8, 4) is 17.3 Å². The number of anilines is 1. The molecule has 1 aromatic heterocycles. The van der Waals surface area contributed by atoms with E-state index in [4.69, 9.17) is 34.2 Å². The van der Waals surface area contributed by atoms with Gasteiger partial charge in [0.2, 0.25) is 6.41 Å². The number of alkyl halides is 3. The van der Waals surface area contributed by atoms with Crippen LogP contribution in [0.4, 0.5) is 18.9 Å². The average molecular weight is 539 g/mol. The molecular weight excluding hydrogens is 520 g/mol. The number of carbonyl (C=O) groups is 2. The number of carbonyl (C=O) groups excluding carboxylic acids is 2. The molecule has 188 valence electrons. The van der Waals surface area contributed by atoms with E-state index in [2.05, 4.69) is 10.4 Å². The van der Waals surface area contributed by atoms with Crippen molar-refractivity contribution in [2.24, 2.45) is 5.73 Å². The van der Waals surface area contributed by atoms with E-state index in [0.29, 0.717) is 57.9 Å². The van der Waals surface area contributed by atoms with Crippen LogP contribution in [0.1, 0.15) is 27.2 Å². The Morgan fingerprint density at radius 1 is 1.19 bits per heavy atom. The second-order valence-corrected chi connectivity index (χ2v) is 8.40. The highest BCUT2D eigenvalue weighted by molar-refractivity contribution is 6.42. The average Bonchev–Trinajstić information content (AvgIpc) is 3.24. The van der Waals surface area contributed by atoms with E-state index in [0.717, 1.165) is 18.5 Å². The predicted molar refractivity (Wildman–Crippen MR) is 128 cm³/mol. The monoisotopic (exact) mass is 538 g/mol. The minimum absolute atomic E-state index is 0.302. The van der Waals surface area contributed by atoms with E-state index in [9.17, 15) is 22.8 Å². The molecule has 0 unspecified atom stereocenters. The Morgan fingerprint density at radius 3 is 2.47 bits per heavy atom. The first-order valence-corrected chi connectivity index (χ1v) is 11.1. The number of hydrogen-bond donors (Lipinski definition) is 2. The second kappa shape index (κ2) is 10.9. The number of nitrogens with two attached hydrogens (primary N) is 1. The number of amides is 2. The SMILES string of the molecule is CNc1ccc(C#N)c(C(F)(F)F)c1.NC(=O)c1c(-c2ccc(Cl)c(Cl)c2)nn2c1CN(C=O)CC2. The van der Waals surface area contributed by atoms with Crippen LogP contribution in [0.15, 0.2) is 36.4 Å². The number of halogens is 5. The molecular formula is C23H19Cl2F3N6O2. The van der Waals surface area contributed by atoms with Crippen molar-refractivity contribution in [3.05, 3.63) is 68.8 Å². The molecule has 4 rings (SSSR count). The number of hydrogen-bond acceptors (Lipinski definition) is 5. The Bertz CT molecular complexity index is 1350. The third-order valence-corrected chi connectivity index (χ3v) is 6.07. The molecule has 3 aromatic rings. The van der Waals surface area contributed by atoms with Crippen LogP contribution in [0.2, 0.25) is 10.0 Å². The van der Waals surface area contributed by atoms with Crippen molar-refractivity contribution >= 4 is 41.2 Å². The molecule has 0 fully saturated rings. The van der Waals surface area contributed by atoms with E-state index in [-0.39, 0.29) is 5.56 Å². The summed E-state index contributed by atoms with van der Waals surface area (Å²) in [6.07, 6.45) is -3.74. The lowest BCUT2D eigenvalue weighted by atomic mass is 10.0. The first-order chi connectivity index (χ1) is 17.0.